The van der Waals surface area contributed by atoms with Crippen LogP contribution in [0.2, 0.25) is 0 Å². The molecule has 0 saturated carbocycles. The minimum atomic E-state index is -0.535. The Morgan fingerprint density at radius 1 is 1.30 bits per heavy atom. The Morgan fingerprint density at radius 2 is 2.00 bits per heavy atom. The largest absolute Gasteiger partial charge is 0.444 e. The molecule has 0 aliphatic carbocycles. The van der Waals surface area contributed by atoms with Crippen molar-refractivity contribution in [2.24, 2.45) is 0 Å². The fourth-order valence-corrected chi connectivity index (χ4v) is 3.20. The lowest BCUT2D eigenvalue weighted by Crippen LogP contribution is -2.46. The minimum Gasteiger partial charge on any atom is -0.444 e. The smallest absolute Gasteiger partial charge is 0.410 e. The van der Waals surface area contributed by atoms with Crippen molar-refractivity contribution < 1.29 is 13.9 Å². The van der Waals surface area contributed by atoms with Crippen LogP contribution in [0.15, 0.2) is 36.4 Å². The molecule has 1 saturated heterocycles. The van der Waals surface area contributed by atoms with Gasteiger partial charge < -0.3 is 15.0 Å². The molecule has 2 aromatic rings. The minimum absolute atomic E-state index is 0.0493. The maximum Gasteiger partial charge on any atom is 0.410 e. The van der Waals surface area contributed by atoms with Gasteiger partial charge in [0, 0.05) is 19.5 Å². The molecule has 2 heterocycles. The van der Waals surface area contributed by atoms with Gasteiger partial charge in [-0.05, 0) is 57.4 Å². The molecule has 3 rings (SSSR count). The van der Waals surface area contributed by atoms with Gasteiger partial charge >= 0.3 is 6.09 Å². The first-order valence-electron chi connectivity index (χ1n) is 9.97. The fraction of sp³-hybridized carbons (Fsp3) is 0.455. The third-order valence-corrected chi connectivity index (χ3v) is 4.68. The maximum atomic E-state index is 13.2. The number of hydrogen-bond acceptors (Lipinski definition) is 6. The highest BCUT2D eigenvalue weighted by Gasteiger charge is 2.29. The van der Waals surface area contributed by atoms with E-state index >= 15 is 0 Å². The van der Waals surface area contributed by atoms with E-state index in [1.54, 1.807) is 24.0 Å². The molecule has 8 heteroatoms. The molecule has 1 N–H and O–H groups in total. The van der Waals surface area contributed by atoms with Crippen LogP contribution in [0.25, 0.3) is 0 Å². The number of benzene rings is 1. The van der Waals surface area contributed by atoms with Gasteiger partial charge in [0.15, 0.2) is 5.82 Å². The standard InChI is InChI=1S/C22H28FN5O2/c1-14-13-28(21(29)30-22(3,4)5)11-10-18(14)25-20-19(27-26-15(2)24-20)12-16-6-8-17(23)9-7-16/h6-9,18H,1,10-13H2,2-5H3,(H,24,25,26)/t18-/m1/s1. The first-order valence-corrected chi connectivity index (χ1v) is 9.97. The zero-order chi connectivity index (χ0) is 21.9. The van der Waals surface area contributed by atoms with Crippen molar-refractivity contribution in [3.05, 3.63) is 59.3 Å². The number of rotatable bonds is 4. The number of halogens is 1. The zero-order valence-electron chi connectivity index (χ0n) is 17.9. The van der Waals surface area contributed by atoms with Crippen LogP contribution in [0.4, 0.5) is 15.0 Å². The van der Waals surface area contributed by atoms with E-state index in [-0.39, 0.29) is 18.0 Å². The van der Waals surface area contributed by atoms with E-state index in [9.17, 15) is 9.18 Å². The first-order chi connectivity index (χ1) is 14.1. The van der Waals surface area contributed by atoms with Crippen molar-refractivity contribution in [1.29, 1.82) is 0 Å². The number of aromatic nitrogens is 3. The van der Waals surface area contributed by atoms with E-state index in [2.05, 4.69) is 27.1 Å². The summed E-state index contributed by atoms with van der Waals surface area (Å²) < 4.78 is 18.6. The lowest BCUT2D eigenvalue weighted by atomic mass is 10.00. The molecule has 1 aliphatic rings. The summed E-state index contributed by atoms with van der Waals surface area (Å²) in [5, 5.41) is 11.8. The van der Waals surface area contributed by atoms with Gasteiger partial charge in [-0.1, -0.05) is 18.7 Å². The fourth-order valence-electron chi connectivity index (χ4n) is 3.20. The van der Waals surface area contributed by atoms with Crippen LogP contribution in [0.5, 0.6) is 0 Å². The Labute approximate surface area is 176 Å². The van der Waals surface area contributed by atoms with Crippen molar-refractivity contribution in [2.75, 3.05) is 18.4 Å². The number of piperidine rings is 1. The number of hydrogen-bond donors (Lipinski definition) is 1. The second-order valence-electron chi connectivity index (χ2n) is 8.50. The molecular weight excluding hydrogens is 385 g/mol. The van der Waals surface area contributed by atoms with E-state index in [1.807, 2.05) is 20.8 Å². The van der Waals surface area contributed by atoms with Gasteiger partial charge in [-0.3, -0.25) is 0 Å². The van der Waals surface area contributed by atoms with Gasteiger partial charge in [0.1, 0.15) is 22.9 Å². The zero-order valence-corrected chi connectivity index (χ0v) is 17.9. The van der Waals surface area contributed by atoms with Crippen molar-refractivity contribution in [1.82, 2.24) is 20.1 Å². The summed E-state index contributed by atoms with van der Waals surface area (Å²) in [5.41, 5.74) is 1.93. The van der Waals surface area contributed by atoms with Crippen molar-refractivity contribution in [3.8, 4) is 0 Å². The number of amides is 1. The van der Waals surface area contributed by atoms with Crippen LogP contribution >= 0.6 is 0 Å². The van der Waals surface area contributed by atoms with E-state index in [0.29, 0.717) is 43.3 Å². The van der Waals surface area contributed by atoms with E-state index in [0.717, 1.165) is 11.1 Å². The summed E-state index contributed by atoms with van der Waals surface area (Å²) in [6, 6.07) is 6.24. The third-order valence-electron chi connectivity index (χ3n) is 4.68. The molecular formula is C22H28FN5O2. The van der Waals surface area contributed by atoms with Crippen LogP contribution in [0.3, 0.4) is 0 Å². The number of carbonyl (C=O) groups excluding carboxylic acids is 1. The number of carbonyl (C=O) groups is 1. The predicted octanol–water partition coefficient (Wildman–Crippen LogP) is 3.89. The number of likely N-dealkylation sites (tertiary alicyclic amines) is 1. The normalized spacial score (nSPS) is 17.0. The van der Waals surface area contributed by atoms with E-state index < -0.39 is 5.60 Å². The number of nitrogens with zero attached hydrogens (tertiary/aromatic N) is 4. The average molecular weight is 413 g/mol. The summed E-state index contributed by atoms with van der Waals surface area (Å²) in [4.78, 5) is 18.5. The topological polar surface area (TPSA) is 80.2 Å². The summed E-state index contributed by atoms with van der Waals surface area (Å²) in [6.45, 7) is 12.4. The van der Waals surface area contributed by atoms with Crippen LogP contribution in [-0.2, 0) is 11.2 Å². The summed E-state index contributed by atoms with van der Waals surface area (Å²) in [6.07, 6.45) is 0.821. The monoisotopic (exact) mass is 413 g/mol. The molecule has 160 valence electrons. The van der Waals surface area contributed by atoms with Gasteiger partial charge in [0.05, 0.1) is 6.04 Å². The molecule has 30 heavy (non-hydrogen) atoms. The van der Waals surface area contributed by atoms with Crippen LogP contribution in [-0.4, -0.2) is 50.9 Å². The third kappa shape index (κ3) is 5.75. The molecule has 0 spiro atoms. The highest BCUT2D eigenvalue weighted by Crippen LogP contribution is 2.23. The van der Waals surface area contributed by atoms with E-state index in [4.69, 9.17) is 4.74 Å². The van der Waals surface area contributed by atoms with Crippen molar-refractivity contribution in [2.45, 2.75) is 52.2 Å². The average Bonchev–Trinajstić information content (AvgIpc) is 2.66. The Balaban J connectivity index is 1.69. The van der Waals surface area contributed by atoms with Crippen molar-refractivity contribution in [3.63, 3.8) is 0 Å². The molecule has 1 fully saturated rings. The summed E-state index contributed by atoms with van der Waals surface area (Å²) in [7, 11) is 0. The number of ether oxygens (including phenoxy) is 1. The molecule has 1 aromatic heterocycles. The highest BCUT2D eigenvalue weighted by atomic mass is 19.1. The number of nitrogens with one attached hydrogen (secondary N) is 1. The Morgan fingerprint density at radius 3 is 2.63 bits per heavy atom. The molecule has 1 amide bonds. The Bertz CT molecular complexity index is 924. The summed E-state index contributed by atoms with van der Waals surface area (Å²) in [5.74, 6) is 0.902. The van der Waals surface area contributed by atoms with Crippen LogP contribution < -0.4 is 5.32 Å². The second-order valence-corrected chi connectivity index (χ2v) is 8.50. The molecule has 0 unspecified atom stereocenters. The predicted molar refractivity (Wildman–Crippen MR) is 113 cm³/mol. The molecule has 0 bridgehead atoms. The van der Waals surface area contributed by atoms with E-state index in [1.165, 1.54) is 12.1 Å². The van der Waals surface area contributed by atoms with Gasteiger partial charge in [0.25, 0.3) is 0 Å². The highest BCUT2D eigenvalue weighted by molar-refractivity contribution is 5.69. The quantitative estimate of drug-likeness (QED) is 0.766. The maximum absolute atomic E-state index is 13.2. The van der Waals surface area contributed by atoms with Crippen LogP contribution in [0.1, 0.15) is 44.3 Å². The molecule has 1 aliphatic heterocycles. The number of aryl methyl sites for hydroxylation is 1. The van der Waals surface area contributed by atoms with Crippen LogP contribution in [0, 0.1) is 12.7 Å². The lowest BCUT2D eigenvalue weighted by molar-refractivity contribution is 0.0244. The van der Waals surface area contributed by atoms with Gasteiger partial charge in [-0.25, -0.2) is 14.2 Å². The van der Waals surface area contributed by atoms with Gasteiger partial charge in [-0.2, -0.15) is 0 Å². The Kier molecular flexibility index (Phi) is 6.34. The molecule has 7 nitrogen and oxygen atoms in total. The first kappa shape index (κ1) is 21.7. The molecule has 1 aromatic carbocycles. The molecule has 0 radical (unpaired) electrons. The second kappa shape index (κ2) is 8.77. The van der Waals surface area contributed by atoms with Crippen molar-refractivity contribution >= 4 is 11.9 Å². The summed E-state index contributed by atoms with van der Waals surface area (Å²) >= 11 is 0. The SMILES string of the molecule is C=C1CN(C(=O)OC(C)(C)C)CC[C@H]1Nc1nc(C)nnc1Cc1ccc(F)cc1. The van der Waals surface area contributed by atoms with Gasteiger partial charge in [-0.15, -0.1) is 10.2 Å². The lowest BCUT2D eigenvalue weighted by Gasteiger charge is -2.35. The van der Waals surface area contributed by atoms with Gasteiger partial charge in [0.2, 0.25) is 0 Å². The molecule has 1 atom stereocenters. The number of anilines is 1. The Hall–Kier alpha value is -3.03.